The molecule has 1 aliphatic rings. The highest BCUT2D eigenvalue weighted by Crippen LogP contribution is 2.20. The second kappa shape index (κ2) is 7.51. The third kappa shape index (κ3) is 4.07. The fraction of sp³-hybridized carbons (Fsp3) is 0.421. The molecule has 0 aliphatic carbocycles. The first kappa shape index (κ1) is 17.2. The maximum Gasteiger partial charge on any atom is 0.227 e. The molecule has 1 aromatic carbocycles. The van der Waals surface area contributed by atoms with Crippen molar-refractivity contribution in [3.05, 3.63) is 48.3 Å². The van der Waals surface area contributed by atoms with Crippen molar-refractivity contribution in [1.29, 1.82) is 0 Å². The van der Waals surface area contributed by atoms with Gasteiger partial charge in [-0.2, -0.15) is 5.10 Å². The van der Waals surface area contributed by atoms with E-state index in [1.807, 2.05) is 41.4 Å². The molecule has 0 saturated carbocycles. The van der Waals surface area contributed by atoms with Crippen molar-refractivity contribution in [3.63, 3.8) is 0 Å². The lowest BCUT2D eigenvalue weighted by molar-refractivity contribution is -0.138. The van der Waals surface area contributed by atoms with Crippen molar-refractivity contribution in [2.45, 2.75) is 19.3 Å². The summed E-state index contributed by atoms with van der Waals surface area (Å²) in [6, 6.07) is 9.83. The molecule has 6 nitrogen and oxygen atoms in total. The normalized spacial score (nSPS) is 15.2. The van der Waals surface area contributed by atoms with E-state index in [-0.39, 0.29) is 17.7 Å². The molecule has 0 bridgehead atoms. The van der Waals surface area contributed by atoms with Crippen LogP contribution in [-0.4, -0.2) is 58.6 Å². The lowest BCUT2D eigenvalue weighted by Gasteiger charge is -2.32. The fourth-order valence-electron chi connectivity index (χ4n) is 3.20. The molecule has 0 N–H and O–H groups in total. The predicted octanol–water partition coefficient (Wildman–Crippen LogP) is 1.74. The topological polar surface area (TPSA) is 58.4 Å². The molecule has 6 heteroatoms. The summed E-state index contributed by atoms with van der Waals surface area (Å²) in [5, 5.41) is 4.34. The molecule has 0 atom stereocenters. The van der Waals surface area contributed by atoms with Crippen LogP contribution in [-0.2, 0) is 16.0 Å². The number of amides is 2. The summed E-state index contributed by atoms with van der Waals surface area (Å²) in [5.74, 6) is 0.305. The van der Waals surface area contributed by atoms with E-state index < -0.39 is 0 Å². The van der Waals surface area contributed by atoms with Crippen LogP contribution >= 0.6 is 0 Å². The van der Waals surface area contributed by atoms with E-state index in [1.165, 1.54) is 0 Å². The lowest BCUT2D eigenvalue weighted by atomic mass is 9.95. The second-order valence-electron chi connectivity index (χ2n) is 6.69. The van der Waals surface area contributed by atoms with Gasteiger partial charge in [0.1, 0.15) is 0 Å². The van der Waals surface area contributed by atoms with Gasteiger partial charge < -0.3 is 9.80 Å². The zero-order chi connectivity index (χ0) is 17.8. The lowest BCUT2D eigenvalue weighted by Crippen LogP contribution is -2.43. The minimum atomic E-state index is 0.0416. The summed E-state index contributed by atoms with van der Waals surface area (Å²) in [6.07, 6.45) is 5.47. The number of benzene rings is 1. The van der Waals surface area contributed by atoms with Crippen molar-refractivity contribution in [2.24, 2.45) is 5.92 Å². The van der Waals surface area contributed by atoms with Gasteiger partial charge >= 0.3 is 0 Å². The molecular formula is C19H24N4O2. The largest absolute Gasteiger partial charge is 0.349 e. The first-order valence-electron chi connectivity index (χ1n) is 8.62. The number of para-hydroxylation sites is 1. The summed E-state index contributed by atoms with van der Waals surface area (Å²) in [6.45, 7) is 1.30. The molecule has 0 unspecified atom stereocenters. The molecule has 25 heavy (non-hydrogen) atoms. The van der Waals surface area contributed by atoms with Crippen molar-refractivity contribution >= 4 is 11.8 Å². The standard InChI is InChI=1S/C19H24N4O2/c1-21(2)19(25)16-8-10-22(11-9-16)18(24)12-15-13-20-23(14-15)17-6-4-3-5-7-17/h3-7,13-14,16H,8-12H2,1-2H3. The van der Waals surface area contributed by atoms with Crippen LogP contribution in [0.25, 0.3) is 5.69 Å². The van der Waals surface area contributed by atoms with Crippen LogP contribution in [0, 0.1) is 5.92 Å². The molecule has 1 fully saturated rings. The van der Waals surface area contributed by atoms with Crippen molar-refractivity contribution in [1.82, 2.24) is 19.6 Å². The Bertz CT molecular complexity index is 731. The van der Waals surface area contributed by atoms with Crippen molar-refractivity contribution in [3.8, 4) is 5.69 Å². The molecule has 0 spiro atoms. The van der Waals surface area contributed by atoms with Gasteiger partial charge in [-0.15, -0.1) is 0 Å². The fourth-order valence-corrected chi connectivity index (χ4v) is 3.20. The first-order chi connectivity index (χ1) is 12.0. The minimum absolute atomic E-state index is 0.0416. The maximum atomic E-state index is 12.5. The Kier molecular flexibility index (Phi) is 5.16. The van der Waals surface area contributed by atoms with Crippen molar-refractivity contribution in [2.75, 3.05) is 27.2 Å². The van der Waals surface area contributed by atoms with Crippen LogP contribution in [0.15, 0.2) is 42.7 Å². The zero-order valence-corrected chi connectivity index (χ0v) is 14.8. The molecule has 132 valence electrons. The highest BCUT2D eigenvalue weighted by molar-refractivity contribution is 5.80. The molecule has 3 rings (SSSR count). The van der Waals surface area contributed by atoms with Gasteiger partial charge in [-0.3, -0.25) is 9.59 Å². The van der Waals surface area contributed by atoms with Gasteiger partial charge in [0, 0.05) is 39.3 Å². The Balaban J connectivity index is 1.55. The molecule has 2 amide bonds. The highest BCUT2D eigenvalue weighted by atomic mass is 16.2. The number of aromatic nitrogens is 2. The number of carbonyl (C=O) groups is 2. The summed E-state index contributed by atoms with van der Waals surface area (Å²) in [4.78, 5) is 28.0. The Labute approximate surface area is 148 Å². The molecule has 2 aromatic rings. The van der Waals surface area contributed by atoms with Crippen LogP contribution in [0.2, 0.25) is 0 Å². The van der Waals surface area contributed by atoms with Gasteiger partial charge in [-0.1, -0.05) is 18.2 Å². The van der Waals surface area contributed by atoms with Crippen molar-refractivity contribution < 1.29 is 9.59 Å². The van der Waals surface area contributed by atoms with Gasteiger partial charge in [0.15, 0.2) is 0 Å². The molecule has 1 aromatic heterocycles. The Morgan fingerprint density at radius 2 is 1.84 bits per heavy atom. The van der Waals surface area contributed by atoms with E-state index in [1.54, 1.807) is 29.9 Å². The molecule has 2 heterocycles. The van der Waals surface area contributed by atoms with Gasteiger partial charge in [-0.25, -0.2) is 4.68 Å². The smallest absolute Gasteiger partial charge is 0.227 e. The second-order valence-corrected chi connectivity index (χ2v) is 6.69. The summed E-state index contributed by atoms with van der Waals surface area (Å²) in [5.41, 5.74) is 1.88. The monoisotopic (exact) mass is 340 g/mol. The molecular weight excluding hydrogens is 316 g/mol. The number of carbonyl (C=O) groups excluding carboxylic acids is 2. The summed E-state index contributed by atoms with van der Waals surface area (Å²) >= 11 is 0. The summed E-state index contributed by atoms with van der Waals surface area (Å²) in [7, 11) is 3.56. The van der Waals surface area contributed by atoms with Crippen LogP contribution in [0.5, 0.6) is 0 Å². The number of nitrogens with zero attached hydrogens (tertiary/aromatic N) is 4. The van der Waals surface area contributed by atoms with E-state index in [9.17, 15) is 9.59 Å². The Morgan fingerprint density at radius 1 is 1.16 bits per heavy atom. The third-order valence-electron chi connectivity index (χ3n) is 4.65. The van der Waals surface area contributed by atoms with Crippen LogP contribution in [0.1, 0.15) is 18.4 Å². The van der Waals surface area contributed by atoms with E-state index in [2.05, 4.69) is 5.10 Å². The number of likely N-dealkylation sites (tertiary alicyclic amines) is 1. The highest BCUT2D eigenvalue weighted by Gasteiger charge is 2.28. The van der Waals surface area contributed by atoms with Gasteiger partial charge in [0.05, 0.1) is 18.3 Å². The van der Waals surface area contributed by atoms with Gasteiger partial charge in [0.25, 0.3) is 0 Å². The molecule has 1 saturated heterocycles. The summed E-state index contributed by atoms with van der Waals surface area (Å²) < 4.78 is 1.78. The van der Waals surface area contributed by atoms with Gasteiger partial charge in [0.2, 0.25) is 11.8 Å². The van der Waals surface area contributed by atoms with E-state index in [0.717, 1.165) is 24.1 Å². The van der Waals surface area contributed by atoms with Crippen LogP contribution in [0.3, 0.4) is 0 Å². The average Bonchev–Trinajstić information content (AvgIpc) is 3.10. The molecule has 0 radical (unpaired) electrons. The van der Waals surface area contributed by atoms with Crippen LogP contribution in [0.4, 0.5) is 0 Å². The van der Waals surface area contributed by atoms with E-state index in [4.69, 9.17) is 0 Å². The number of rotatable bonds is 4. The number of hydrogen-bond acceptors (Lipinski definition) is 3. The predicted molar refractivity (Wildman–Crippen MR) is 95.3 cm³/mol. The van der Waals surface area contributed by atoms with E-state index >= 15 is 0 Å². The molecule has 1 aliphatic heterocycles. The van der Waals surface area contributed by atoms with Crippen LogP contribution < -0.4 is 0 Å². The maximum absolute atomic E-state index is 12.5. The average molecular weight is 340 g/mol. The third-order valence-corrected chi connectivity index (χ3v) is 4.65. The zero-order valence-electron chi connectivity index (χ0n) is 14.8. The quantitative estimate of drug-likeness (QED) is 0.852. The SMILES string of the molecule is CN(C)C(=O)C1CCN(C(=O)Cc2cnn(-c3ccccc3)c2)CC1. The Hall–Kier alpha value is -2.63. The van der Waals surface area contributed by atoms with Gasteiger partial charge in [-0.05, 0) is 30.5 Å². The first-order valence-corrected chi connectivity index (χ1v) is 8.62. The van der Waals surface area contributed by atoms with E-state index in [0.29, 0.717) is 19.5 Å². The Morgan fingerprint density at radius 3 is 2.48 bits per heavy atom. The number of piperidine rings is 1. The number of hydrogen-bond donors (Lipinski definition) is 0. The minimum Gasteiger partial charge on any atom is -0.349 e.